The monoisotopic (exact) mass is 316 g/mol. The Morgan fingerprint density at radius 2 is 1.83 bits per heavy atom. The third kappa shape index (κ3) is 5.62. The Hall–Kier alpha value is -2.56. The first-order valence-electron chi connectivity index (χ1n) is 7.57. The van der Waals surface area contributed by atoms with Crippen LogP contribution in [0.15, 0.2) is 48.5 Å². The smallest absolute Gasteiger partial charge is 0.221 e. The van der Waals surface area contributed by atoms with Gasteiger partial charge in [0, 0.05) is 25.2 Å². The molecule has 0 unspecified atom stereocenters. The number of ether oxygens (including phenoxy) is 1. The van der Waals surface area contributed by atoms with Crippen molar-refractivity contribution in [2.45, 2.75) is 12.8 Å². The molecule has 4 nitrogen and oxygen atoms in total. The van der Waals surface area contributed by atoms with Crippen LogP contribution in [0.5, 0.6) is 5.75 Å². The van der Waals surface area contributed by atoms with Gasteiger partial charge in [-0.1, -0.05) is 18.2 Å². The molecule has 2 aromatic rings. The second-order valence-electron chi connectivity index (χ2n) is 5.10. The summed E-state index contributed by atoms with van der Waals surface area (Å²) in [6.07, 6.45) is 0.855. The molecular weight excluding hydrogens is 295 g/mol. The first kappa shape index (κ1) is 16.8. The van der Waals surface area contributed by atoms with Crippen molar-refractivity contribution in [2.75, 3.05) is 25.5 Å². The summed E-state index contributed by atoms with van der Waals surface area (Å²) in [6.45, 7) is 0.972. The van der Waals surface area contributed by atoms with E-state index < -0.39 is 0 Å². The normalized spacial score (nSPS) is 10.2. The van der Waals surface area contributed by atoms with Gasteiger partial charge in [0.1, 0.15) is 11.6 Å². The van der Waals surface area contributed by atoms with Crippen LogP contribution in [-0.4, -0.2) is 26.1 Å². The van der Waals surface area contributed by atoms with Gasteiger partial charge in [-0.05, 0) is 42.3 Å². The molecule has 0 atom stereocenters. The number of amides is 1. The van der Waals surface area contributed by atoms with Crippen molar-refractivity contribution in [1.82, 2.24) is 5.32 Å². The molecule has 0 radical (unpaired) electrons. The Bertz CT molecular complexity index is 629. The zero-order valence-electron chi connectivity index (χ0n) is 13.1. The Morgan fingerprint density at radius 3 is 2.52 bits per heavy atom. The number of methoxy groups -OCH3 is 1. The lowest BCUT2D eigenvalue weighted by Crippen LogP contribution is -2.27. The summed E-state index contributed by atoms with van der Waals surface area (Å²) in [5.74, 6) is 0.506. The molecule has 122 valence electrons. The number of rotatable bonds is 8. The van der Waals surface area contributed by atoms with E-state index in [4.69, 9.17) is 4.74 Å². The van der Waals surface area contributed by atoms with Crippen molar-refractivity contribution in [3.63, 3.8) is 0 Å². The second-order valence-corrected chi connectivity index (χ2v) is 5.10. The lowest BCUT2D eigenvalue weighted by molar-refractivity contribution is -0.120. The van der Waals surface area contributed by atoms with Gasteiger partial charge in [0.15, 0.2) is 0 Å². The average molecular weight is 316 g/mol. The van der Waals surface area contributed by atoms with Crippen molar-refractivity contribution in [1.29, 1.82) is 0 Å². The Kier molecular flexibility index (Phi) is 6.41. The summed E-state index contributed by atoms with van der Waals surface area (Å²) in [5.41, 5.74) is 1.55. The fourth-order valence-corrected chi connectivity index (χ4v) is 2.16. The molecule has 0 aliphatic carbocycles. The van der Waals surface area contributed by atoms with E-state index in [1.807, 2.05) is 24.3 Å². The average Bonchev–Trinajstić information content (AvgIpc) is 2.57. The lowest BCUT2D eigenvalue weighted by Gasteiger charge is -2.08. The van der Waals surface area contributed by atoms with Crippen LogP contribution in [-0.2, 0) is 11.2 Å². The zero-order chi connectivity index (χ0) is 16.5. The molecule has 0 saturated heterocycles. The summed E-state index contributed by atoms with van der Waals surface area (Å²) in [5, 5.41) is 5.96. The molecule has 0 aromatic heterocycles. The molecule has 0 saturated carbocycles. The van der Waals surface area contributed by atoms with E-state index in [1.54, 1.807) is 25.3 Å². The topological polar surface area (TPSA) is 50.4 Å². The van der Waals surface area contributed by atoms with Crippen LogP contribution in [0, 0.1) is 5.82 Å². The molecule has 2 N–H and O–H groups in total. The van der Waals surface area contributed by atoms with Gasteiger partial charge in [0.25, 0.3) is 0 Å². The van der Waals surface area contributed by atoms with Gasteiger partial charge >= 0.3 is 0 Å². The highest BCUT2D eigenvalue weighted by Crippen LogP contribution is 2.14. The summed E-state index contributed by atoms with van der Waals surface area (Å²) in [7, 11) is 1.62. The predicted octanol–water partition coefficient (Wildman–Crippen LogP) is 3.00. The maximum absolute atomic E-state index is 13.4. The standard InChI is InChI=1S/C18H21FN2O2/c1-23-16-8-6-15(7-9-16)20-13-11-18(22)21-12-10-14-4-2-3-5-17(14)19/h2-9,20H,10-13H2,1H3,(H,21,22). The van der Waals surface area contributed by atoms with Gasteiger partial charge in [-0.3, -0.25) is 4.79 Å². The molecule has 0 aliphatic heterocycles. The van der Waals surface area contributed by atoms with E-state index in [1.165, 1.54) is 6.07 Å². The number of carbonyl (C=O) groups excluding carboxylic acids is 1. The maximum Gasteiger partial charge on any atom is 0.221 e. The molecule has 2 rings (SSSR count). The molecule has 23 heavy (non-hydrogen) atoms. The van der Waals surface area contributed by atoms with Crippen LogP contribution in [0.25, 0.3) is 0 Å². The van der Waals surface area contributed by atoms with Crippen LogP contribution >= 0.6 is 0 Å². The fraction of sp³-hybridized carbons (Fsp3) is 0.278. The lowest BCUT2D eigenvalue weighted by atomic mass is 10.1. The fourth-order valence-electron chi connectivity index (χ4n) is 2.16. The van der Waals surface area contributed by atoms with Crippen molar-refractivity contribution < 1.29 is 13.9 Å². The van der Waals surface area contributed by atoms with Crippen LogP contribution in [0.4, 0.5) is 10.1 Å². The van der Waals surface area contributed by atoms with Gasteiger partial charge in [-0.25, -0.2) is 4.39 Å². The van der Waals surface area contributed by atoms with E-state index in [0.29, 0.717) is 31.5 Å². The SMILES string of the molecule is COc1ccc(NCCC(=O)NCCc2ccccc2F)cc1. The van der Waals surface area contributed by atoms with Gasteiger partial charge < -0.3 is 15.4 Å². The number of halogens is 1. The summed E-state index contributed by atoms with van der Waals surface area (Å²) in [6, 6.07) is 14.1. The molecule has 0 bridgehead atoms. The number of anilines is 1. The minimum atomic E-state index is -0.233. The van der Waals surface area contributed by atoms with Crippen LogP contribution in [0.1, 0.15) is 12.0 Å². The number of carbonyl (C=O) groups is 1. The molecule has 0 fully saturated rings. The zero-order valence-corrected chi connectivity index (χ0v) is 13.1. The third-order valence-corrected chi connectivity index (χ3v) is 3.45. The Labute approximate surface area is 135 Å². The van der Waals surface area contributed by atoms with E-state index in [-0.39, 0.29) is 11.7 Å². The van der Waals surface area contributed by atoms with Crippen molar-refractivity contribution in [3.05, 3.63) is 59.9 Å². The second kappa shape index (κ2) is 8.78. The highest BCUT2D eigenvalue weighted by atomic mass is 19.1. The van der Waals surface area contributed by atoms with Crippen LogP contribution in [0.2, 0.25) is 0 Å². The molecule has 0 aliphatic rings. The Morgan fingerprint density at radius 1 is 1.09 bits per heavy atom. The predicted molar refractivity (Wildman–Crippen MR) is 89.2 cm³/mol. The van der Waals surface area contributed by atoms with Gasteiger partial charge in [0.05, 0.1) is 7.11 Å². The molecular formula is C18H21FN2O2. The molecule has 5 heteroatoms. The van der Waals surface area contributed by atoms with Gasteiger partial charge in [-0.15, -0.1) is 0 Å². The van der Waals surface area contributed by atoms with E-state index >= 15 is 0 Å². The maximum atomic E-state index is 13.4. The van der Waals surface area contributed by atoms with Gasteiger partial charge in [0.2, 0.25) is 5.91 Å². The number of hydrogen-bond donors (Lipinski definition) is 2. The third-order valence-electron chi connectivity index (χ3n) is 3.45. The first-order chi connectivity index (χ1) is 11.2. The Balaban J connectivity index is 1.64. The molecule has 0 heterocycles. The number of hydrogen-bond acceptors (Lipinski definition) is 3. The molecule has 0 spiro atoms. The van der Waals surface area contributed by atoms with E-state index in [0.717, 1.165) is 11.4 Å². The minimum Gasteiger partial charge on any atom is -0.497 e. The molecule has 2 aromatic carbocycles. The van der Waals surface area contributed by atoms with E-state index in [2.05, 4.69) is 10.6 Å². The minimum absolute atomic E-state index is 0.0534. The van der Waals surface area contributed by atoms with Gasteiger partial charge in [-0.2, -0.15) is 0 Å². The van der Waals surface area contributed by atoms with Crippen molar-refractivity contribution in [3.8, 4) is 5.75 Å². The van der Waals surface area contributed by atoms with Crippen LogP contribution in [0.3, 0.4) is 0 Å². The quantitative estimate of drug-likeness (QED) is 0.787. The highest BCUT2D eigenvalue weighted by Gasteiger charge is 2.03. The number of nitrogens with one attached hydrogen (secondary N) is 2. The highest BCUT2D eigenvalue weighted by molar-refractivity contribution is 5.76. The first-order valence-corrected chi connectivity index (χ1v) is 7.57. The summed E-state index contributed by atoms with van der Waals surface area (Å²) < 4.78 is 18.5. The van der Waals surface area contributed by atoms with Crippen molar-refractivity contribution >= 4 is 11.6 Å². The summed E-state index contributed by atoms with van der Waals surface area (Å²) >= 11 is 0. The van der Waals surface area contributed by atoms with Crippen molar-refractivity contribution in [2.24, 2.45) is 0 Å². The summed E-state index contributed by atoms with van der Waals surface area (Å²) in [4.78, 5) is 11.7. The largest absolute Gasteiger partial charge is 0.497 e. The van der Waals surface area contributed by atoms with Crippen LogP contribution < -0.4 is 15.4 Å². The van der Waals surface area contributed by atoms with E-state index in [9.17, 15) is 9.18 Å². The number of benzene rings is 2. The molecule has 1 amide bonds.